The van der Waals surface area contributed by atoms with Crippen LogP contribution in [0.25, 0.3) is 10.9 Å². The van der Waals surface area contributed by atoms with E-state index in [0.717, 1.165) is 29.4 Å². The van der Waals surface area contributed by atoms with Gasteiger partial charge in [0.2, 0.25) is 0 Å². The fourth-order valence-electron chi connectivity index (χ4n) is 3.77. The van der Waals surface area contributed by atoms with E-state index >= 15 is 0 Å². The fourth-order valence-corrected chi connectivity index (χ4v) is 3.77. The SMILES string of the molecule is COc1c(C(=O)O)ccc2nn(CC3CCN(C(=O)OC(C)(C)C)CC3)c(C)c12. The zero-order valence-corrected chi connectivity index (χ0v) is 17.7. The molecule has 1 aromatic heterocycles. The quantitative estimate of drug-likeness (QED) is 0.837. The first-order valence-electron chi connectivity index (χ1n) is 9.86. The van der Waals surface area contributed by atoms with Crippen LogP contribution in [0, 0.1) is 12.8 Å². The normalized spacial score (nSPS) is 15.6. The first-order chi connectivity index (χ1) is 13.6. The smallest absolute Gasteiger partial charge is 0.410 e. The Bertz CT molecular complexity index is 921. The number of hydrogen-bond donors (Lipinski definition) is 1. The van der Waals surface area contributed by atoms with Crippen LogP contribution in [0.3, 0.4) is 0 Å². The predicted octanol–water partition coefficient (Wildman–Crippen LogP) is 3.70. The number of likely N-dealkylation sites (tertiary alicyclic amines) is 1. The van der Waals surface area contributed by atoms with Crippen molar-refractivity contribution >= 4 is 23.0 Å². The van der Waals surface area contributed by atoms with Crippen molar-refractivity contribution in [2.75, 3.05) is 20.2 Å². The molecule has 0 atom stereocenters. The summed E-state index contributed by atoms with van der Waals surface area (Å²) < 4.78 is 12.8. The van der Waals surface area contributed by atoms with Gasteiger partial charge in [0.05, 0.1) is 18.0 Å². The third-order valence-corrected chi connectivity index (χ3v) is 5.25. The van der Waals surface area contributed by atoms with E-state index in [2.05, 4.69) is 5.10 Å². The molecule has 2 heterocycles. The van der Waals surface area contributed by atoms with Crippen LogP contribution in [0.4, 0.5) is 4.79 Å². The van der Waals surface area contributed by atoms with E-state index in [1.807, 2.05) is 32.4 Å². The summed E-state index contributed by atoms with van der Waals surface area (Å²) in [6.07, 6.45) is 1.47. The summed E-state index contributed by atoms with van der Waals surface area (Å²) in [5.74, 6) is -0.296. The molecule has 1 aromatic carbocycles. The van der Waals surface area contributed by atoms with Gasteiger partial charge in [0, 0.05) is 25.3 Å². The molecular formula is C21H29N3O5. The lowest BCUT2D eigenvalue weighted by molar-refractivity contribution is 0.0176. The molecule has 0 spiro atoms. The number of piperidine rings is 1. The van der Waals surface area contributed by atoms with Crippen molar-refractivity contribution in [2.45, 2.75) is 52.7 Å². The predicted molar refractivity (Wildman–Crippen MR) is 109 cm³/mol. The second-order valence-electron chi connectivity index (χ2n) is 8.52. The van der Waals surface area contributed by atoms with Crippen molar-refractivity contribution in [3.63, 3.8) is 0 Å². The number of ether oxygens (including phenoxy) is 2. The number of amides is 1. The molecule has 2 aromatic rings. The van der Waals surface area contributed by atoms with E-state index < -0.39 is 11.6 Å². The number of aryl methyl sites for hydroxylation is 1. The third kappa shape index (κ3) is 4.46. The maximum Gasteiger partial charge on any atom is 0.410 e. The number of carboxylic acid groups (broad SMARTS) is 1. The molecule has 1 amide bonds. The Labute approximate surface area is 170 Å². The van der Waals surface area contributed by atoms with Gasteiger partial charge < -0.3 is 19.5 Å². The largest absolute Gasteiger partial charge is 0.495 e. The maximum atomic E-state index is 12.2. The van der Waals surface area contributed by atoms with Gasteiger partial charge in [0.1, 0.15) is 16.9 Å². The van der Waals surface area contributed by atoms with E-state index in [4.69, 9.17) is 9.47 Å². The van der Waals surface area contributed by atoms with E-state index in [0.29, 0.717) is 31.3 Å². The fraction of sp³-hybridized carbons (Fsp3) is 0.571. The van der Waals surface area contributed by atoms with Crippen LogP contribution in [0.5, 0.6) is 5.75 Å². The van der Waals surface area contributed by atoms with E-state index in [9.17, 15) is 14.7 Å². The molecule has 29 heavy (non-hydrogen) atoms. The minimum Gasteiger partial charge on any atom is -0.495 e. The Balaban J connectivity index is 1.73. The minimum absolute atomic E-state index is 0.133. The molecule has 3 rings (SSSR count). The topological polar surface area (TPSA) is 93.9 Å². The van der Waals surface area contributed by atoms with Gasteiger partial charge in [-0.05, 0) is 58.6 Å². The lowest BCUT2D eigenvalue weighted by atomic mass is 9.97. The van der Waals surface area contributed by atoms with Crippen molar-refractivity contribution in [3.05, 3.63) is 23.4 Å². The van der Waals surface area contributed by atoms with E-state index in [1.54, 1.807) is 11.0 Å². The van der Waals surface area contributed by atoms with Gasteiger partial charge in [0.15, 0.2) is 0 Å². The van der Waals surface area contributed by atoms with Crippen molar-refractivity contribution in [2.24, 2.45) is 5.92 Å². The average molecular weight is 403 g/mol. The number of hydrogen-bond acceptors (Lipinski definition) is 5. The molecule has 1 fully saturated rings. The Morgan fingerprint density at radius 1 is 1.24 bits per heavy atom. The summed E-state index contributed by atoms with van der Waals surface area (Å²) in [5.41, 5.74) is 1.24. The molecule has 8 nitrogen and oxygen atoms in total. The van der Waals surface area contributed by atoms with Crippen molar-refractivity contribution in [1.29, 1.82) is 0 Å². The summed E-state index contributed by atoms with van der Waals surface area (Å²) in [6.45, 7) is 9.57. The highest BCUT2D eigenvalue weighted by Gasteiger charge is 2.28. The molecule has 0 radical (unpaired) electrons. The summed E-state index contributed by atoms with van der Waals surface area (Å²) >= 11 is 0. The molecule has 0 saturated carbocycles. The number of nitrogens with zero attached hydrogens (tertiary/aromatic N) is 3. The number of aromatic carboxylic acids is 1. The highest BCUT2D eigenvalue weighted by Crippen LogP contribution is 2.33. The maximum absolute atomic E-state index is 12.2. The first kappa shape index (κ1) is 21.0. The lowest BCUT2D eigenvalue weighted by Crippen LogP contribution is -2.42. The van der Waals surface area contributed by atoms with Gasteiger partial charge in [-0.3, -0.25) is 4.68 Å². The number of carbonyl (C=O) groups excluding carboxylic acids is 1. The molecule has 0 aliphatic carbocycles. The second-order valence-corrected chi connectivity index (χ2v) is 8.52. The molecule has 1 aliphatic heterocycles. The van der Waals surface area contributed by atoms with E-state index in [-0.39, 0.29) is 11.7 Å². The van der Waals surface area contributed by atoms with Crippen LogP contribution in [0.1, 0.15) is 49.7 Å². The van der Waals surface area contributed by atoms with Gasteiger partial charge in [-0.15, -0.1) is 0 Å². The standard InChI is InChI=1S/C21H29N3O5/c1-13-17-16(7-6-15(19(25)26)18(17)28-5)22-24(13)12-14-8-10-23(11-9-14)20(27)29-21(2,3)4/h6-7,14H,8-12H2,1-5H3,(H,25,26). The number of benzene rings is 1. The Kier molecular flexibility index (Phi) is 5.73. The van der Waals surface area contributed by atoms with Crippen LogP contribution < -0.4 is 4.74 Å². The molecule has 0 unspecified atom stereocenters. The Morgan fingerprint density at radius 3 is 2.45 bits per heavy atom. The molecule has 1 N–H and O–H groups in total. The van der Waals surface area contributed by atoms with Crippen molar-refractivity contribution in [1.82, 2.24) is 14.7 Å². The van der Waals surface area contributed by atoms with Crippen LogP contribution in [0.2, 0.25) is 0 Å². The summed E-state index contributed by atoms with van der Waals surface area (Å²) in [4.78, 5) is 25.5. The highest BCUT2D eigenvalue weighted by molar-refractivity contribution is 6.00. The van der Waals surface area contributed by atoms with Crippen LogP contribution in [0.15, 0.2) is 12.1 Å². The van der Waals surface area contributed by atoms with Crippen LogP contribution in [-0.2, 0) is 11.3 Å². The Morgan fingerprint density at radius 2 is 1.90 bits per heavy atom. The number of carbonyl (C=O) groups is 2. The summed E-state index contributed by atoms with van der Waals surface area (Å²) in [7, 11) is 1.48. The lowest BCUT2D eigenvalue weighted by Gasteiger charge is -2.33. The highest BCUT2D eigenvalue weighted by atomic mass is 16.6. The van der Waals surface area contributed by atoms with E-state index in [1.165, 1.54) is 13.2 Å². The minimum atomic E-state index is -1.02. The zero-order valence-electron chi connectivity index (χ0n) is 17.7. The number of carboxylic acids is 1. The average Bonchev–Trinajstić information content (AvgIpc) is 2.96. The van der Waals surface area contributed by atoms with Gasteiger partial charge in [-0.25, -0.2) is 9.59 Å². The Hall–Kier alpha value is -2.77. The van der Waals surface area contributed by atoms with Gasteiger partial charge >= 0.3 is 12.1 Å². The van der Waals surface area contributed by atoms with Crippen molar-refractivity contribution in [3.8, 4) is 5.75 Å². The second kappa shape index (κ2) is 7.93. The number of rotatable bonds is 4. The molecule has 1 aliphatic rings. The monoisotopic (exact) mass is 403 g/mol. The third-order valence-electron chi connectivity index (χ3n) is 5.25. The first-order valence-corrected chi connectivity index (χ1v) is 9.86. The molecule has 0 bridgehead atoms. The molecule has 8 heteroatoms. The summed E-state index contributed by atoms with van der Waals surface area (Å²) in [5, 5.41) is 14.8. The van der Waals surface area contributed by atoms with Gasteiger partial charge in [0.25, 0.3) is 0 Å². The number of aromatic nitrogens is 2. The molecular weight excluding hydrogens is 374 g/mol. The molecule has 1 saturated heterocycles. The van der Waals surface area contributed by atoms with Gasteiger partial charge in [-0.1, -0.05) is 0 Å². The van der Waals surface area contributed by atoms with Gasteiger partial charge in [-0.2, -0.15) is 5.10 Å². The number of methoxy groups -OCH3 is 1. The van der Waals surface area contributed by atoms with Crippen LogP contribution >= 0.6 is 0 Å². The summed E-state index contributed by atoms with van der Waals surface area (Å²) in [6, 6.07) is 3.25. The zero-order chi connectivity index (χ0) is 21.3. The number of fused-ring (bicyclic) bond motifs is 1. The van der Waals surface area contributed by atoms with Crippen molar-refractivity contribution < 1.29 is 24.2 Å². The molecule has 158 valence electrons. The van der Waals surface area contributed by atoms with Crippen LogP contribution in [-0.4, -0.2) is 57.6 Å².